The first kappa shape index (κ1) is 19.5. The summed E-state index contributed by atoms with van der Waals surface area (Å²) in [5.74, 6) is 1.89. The largest absolute Gasteiger partial charge is 0.484 e. The molecule has 8 heteroatoms. The topological polar surface area (TPSA) is 57.0 Å². The molecule has 0 saturated heterocycles. The quantitative estimate of drug-likeness (QED) is 0.332. The zero-order chi connectivity index (χ0) is 19.5. The van der Waals surface area contributed by atoms with Crippen molar-refractivity contribution in [2.75, 3.05) is 5.75 Å². The Labute approximate surface area is 177 Å². The molecule has 1 aliphatic rings. The summed E-state index contributed by atoms with van der Waals surface area (Å²) in [5.41, 5.74) is 0. The summed E-state index contributed by atoms with van der Waals surface area (Å²) in [7, 11) is 0. The van der Waals surface area contributed by atoms with Crippen LogP contribution in [0.1, 0.15) is 46.2 Å². The average molecular weight is 434 g/mol. The monoisotopic (exact) mass is 433 g/mol. The number of carbonyl (C=O) groups excluding carboxylic acids is 1. The Hall–Kier alpha value is -1.83. The summed E-state index contributed by atoms with van der Waals surface area (Å²) < 4.78 is 7.95. The molecular formula is C20H20ClN3O2S2. The Morgan fingerprint density at radius 2 is 2.11 bits per heavy atom. The van der Waals surface area contributed by atoms with Gasteiger partial charge in [0.25, 0.3) is 0 Å². The van der Waals surface area contributed by atoms with Crippen molar-refractivity contribution in [2.24, 2.45) is 0 Å². The van der Waals surface area contributed by atoms with Crippen molar-refractivity contribution < 1.29 is 9.53 Å². The van der Waals surface area contributed by atoms with Gasteiger partial charge in [0.1, 0.15) is 12.4 Å². The minimum atomic E-state index is 0.133. The molecule has 146 valence electrons. The molecule has 2 aromatic heterocycles. The lowest BCUT2D eigenvalue weighted by molar-refractivity contribution is 0.102. The van der Waals surface area contributed by atoms with Crippen LogP contribution in [0.5, 0.6) is 5.75 Å². The van der Waals surface area contributed by atoms with Crippen molar-refractivity contribution in [1.82, 2.24) is 14.8 Å². The summed E-state index contributed by atoms with van der Waals surface area (Å²) in [4.78, 5) is 14.5. The number of halogens is 1. The summed E-state index contributed by atoms with van der Waals surface area (Å²) in [6.45, 7) is 2.39. The maximum Gasteiger partial charge on any atom is 0.192 e. The van der Waals surface area contributed by atoms with Crippen LogP contribution in [0.3, 0.4) is 0 Å². The Morgan fingerprint density at radius 1 is 1.29 bits per heavy atom. The van der Waals surface area contributed by atoms with E-state index >= 15 is 0 Å². The van der Waals surface area contributed by atoms with Crippen molar-refractivity contribution >= 4 is 40.5 Å². The fourth-order valence-corrected chi connectivity index (χ4v) is 4.90. The van der Waals surface area contributed by atoms with Gasteiger partial charge in [0.15, 0.2) is 16.8 Å². The Morgan fingerprint density at radius 3 is 2.82 bits per heavy atom. The first-order chi connectivity index (χ1) is 13.7. The van der Waals surface area contributed by atoms with Crippen molar-refractivity contribution in [3.8, 4) is 5.75 Å². The number of para-hydroxylation sites is 1. The molecule has 0 aliphatic heterocycles. The molecule has 4 rings (SSSR count). The second-order valence-corrected chi connectivity index (χ2v) is 9.07. The highest BCUT2D eigenvalue weighted by molar-refractivity contribution is 7.99. The van der Waals surface area contributed by atoms with Crippen LogP contribution >= 0.6 is 34.7 Å². The van der Waals surface area contributed by atoms with E-state index in [1.165, 1.54) is 16.6 Å². The summed E-state index contributed by atoms with van der Waals surface area (Å²) in [6.07, 6.45) is 3.16. The second-order valence-electron chi connectivity index (χ2n) is 6.55. The van der Waals surface area contributed by atoms with Crippen LogP contribution in [0.4, 0.5) is 0 Å². The number of Topliss-reactive ketones (excluding diaryl/α,β-unsaturated/α-hetero) is 1. The van der Waals surface area contributed by atoms with E-state index in [0.717, 1.165) is 35.1 Å². The zero-order valence-corrected chi connectivity index (χ0v) is 17.8. The predicted molar refractivity (Wildman–Crippen MR) is 113 cm³/mol. The van der Waals surface area contributed by atoms with Gasteiger partial charge in [-0.15, -0.1) is 21.5 Å². The Kier molecular flexibility index (Phi) is 6.04. The molecular weight excluding hydrogens is 414 g/mol. The number of hydrogen-bond acceptors (Lipinski definition) is 6. The van der Waals surface area contributed by atoms with E-state index in [4.69, 9.17) is 16.3 Å². The normalized spacial score (nSPS) is 13.6. The lowest BCUT2D eigenvalue weighted by atomic mass is 10.3. The molecule has 1 aromatic carbocycles. The fraction of sp³-hybridized carbons (Fsp3) is 0.350. The molecule has 1 aliphatic carbocycles. The van der Waals surface area contributed by atoms with E-state index in [-0.39, 0.29) is 5.78 Å². The molecule has 1 fully saturated rings. The first-order valence-electron chi connectivity index (χ1n) is 9.21. The van der Waals surface area contributed by atoms with Crippen LogP contribution in [0, 0.1) is 0 Å². The van der Waals surface area contributed by atoms with Crippen LogP contribution in [0.2, 0.25) is 5.02 Å². The highest BCUT2D eigenvalue weighted by atomic mass is 35.5. The van der Waals surface area contributed by atoms with E-state index in [2.05, 4.69) is 21.7 Å². The second kappa shape index (κ2) is 8.68. The van der Waals surface area contributed by atoms with Gasteiger partial charge in [0.05, 0.1) is 15.7 Å². The minimum absolute atomic E-state index is 0.133. The van der Waals surface area contributed by atoms with E-state index in [1.807, 2.05) is 30.3 Å². The van der Waals surface area contributed by atoms with Crippen molar-refractivity contribution in [1.29, 1.82) is 0 Å². The third-order valence-electron chi connectivity index (χ3n) is 4.46. The number of aryl methyl sites for hydroxylation is 1. The number of hydrogen-bond donors (Lipinski definition) is 0. The van der Waals surface area contributed by atoms with Crippen LogP contribution < -0.4 is 4.74 Å². The van der Waals surface area contributed by atoms with Gasteiger partial charge in [-0.2, -0.15) is 0 Å². The zero-order valence-electron chi connectivity index (χ0n) is 15.4. The highest BCUT2D eigenvalue weighted by Gasteiger charge is 2.30. The van der Waals surface area contributed by atoms with Gasteiger partial charge in [0, 0.05) is 10.9 Å². The third kappa shape index (κ3) is 4.42. The van der Waals surface area contributed by atoms with Gasteiger partial charge in [0.2, 0.25) is 0 Å². The van der Waals surface area contributed by atoms with Crippen LogP contribution in [0.15, 0.2) is 41.6 Å². The number of aromatic nitrogens is 3. The fourth-order valence-electron chi connectivity index (χ4n) is 2.83. The first-order valence-corrected chi connectivity index (χ1v) is 11.4. The smallest absolute Gasteiger partial charge is 0.192 e. The minimum Gasteiger partial charge on any atom is -0.484 e. The average Bonchev–Trinajstić information content (AvgIpc) is 3.28. The standard InChI is InChI=1S/C20H20ClN3O2S2/c1-2-14-9-10-18(28-14)16(25)12-27-20-23-22-19(24(20)13-7-8-13)11-26-17-6-4-3-5-15(17)21/h3-6,9-10,13H,2,7-8,11-12H2,1H3. The van der Waals surface area contributed by atoms with Crippen molar-refractivity contribution in [3.05, 3.63) is 57.0 Å². The van der Waals surface area contributed by atoms with Crippen LogP contribution in [0.25, 0.3) is 0 Å². The number of ether oxygens (including phenoxy) is 1. The number of benzene rings is 1. The van der Waals surface area contributed by atoms with Crippen LogP contribution in [-0.2, 0) is 13.0 Å². The molecule has 5 nitrogen and oxygen atoms in total. The molecule has 0 spiro atoms. The molecule has 0 atom stereocenters. The summed E-state index contributed by atoms with van der Waals surface area (Å²) >= 11 is 9.18. The SMILES string of the molecule is CCc1ccc(C(=O)CSc2nnc(COc3ccccc3Cl)n2C2CC2)s1. The van der Waals surface area contributed by atoms with Gasteiger partial charge in [-0.3, -0.25) is 9.36 Å². The van der Waals surface area contributed by atoms with E-state index in [1.54, 1.807) is 17.4 Å². The Bertz CT molecular complexity index is 981. The molecule has 28 heavy (non-hydrogen) atoms. The third-order valence-corrected chi connectivity index (χ3v) is 6.98. The highest BCUT2D eigenvalue weighted by Crippen LogP contribution is 2.39. The molecule has 0 bridgehead atoms. The van der Waals surface area contributed by atoms with Gasteiger partial charge in [-0.1, -0.05) is 42.4 Å². The lowest BCUT2D eigenvalue weighted by Crippen LogP contribution is -2.08. The van der Waals surface area contributed by atoms with E-state index in [9.17, 15) is 4.79 Å². The molecule has 0 unspecified atom stereocenters. The molecule has 1 saturated carbocycles. The Balaban J connectivity index is 1.43. The van der Waals surface area contributed by atoms with Crippen molar-refractivity contribution in [3.63, 3.8) is 0 Å². The van der Waals surface area contributed by atoms with Gasteiger partial charge in [-0.25, -0.2) is 0 Å². The lowest BCUT2D eigenvalue weighted by Gasteiger charge is -2.10. The van der Waals surface area contributed by atoms with Crippen LogP contribution in [-0.4, -0.2) is 26.3 Å². The number of thioether (sulfide) groups is 1. The molecule has 0 N–H and O–H groups in total. The van der Waals surface area contributed by atoms with E-state index in [0.29, 0.717) is 29.2 Å². The summed E-state index contributed by atoms with van der Waals surface area (Å²) in [6, 6.07) is 11.7. The number of ketones is 1. The van der Waals surface area contributed by atoms with E-state index < -0.39 is 0 Å². The van der Waals surface area contributed by atoms with Gasteiger partial charge in [-0.05, 0) is 43.5 Å². The van der Waals surface area contributed by atoms with Gasteiger partial charge < -0.3 is 4.74 Å². The molecule has 0 radical (unpaired) electrons. The van der Waals surface area contributed by atoms with Crippen molar-refractivity contribution in [2.45, 2.75) is 44.0 Å². The number of thiophene rings is 1. The number of rotatable bonds is 9. The van der Waals surface area contributed by atoms with Gasteiger partial charge >= 0.3 is 0 Å². The number of nitrogens with zero attached hydrogens (tertiary/aromatic N) is 3. The predicted octanol–water partition coefficient (Wildman–Crippen LogP) is 5.44. The summed E-state index contributed by atoms with van der Waals surface area (Å²) in [5, 5.41) is 9.97. The molecule has 2 heterocycles. The maximum atomic E-state index is 12.5. The maximum absolute atomic E-state index is 12.5. The number of carbonyl (C=O) groups is 1. The molecule has 3 aromatic rings. The molecule has 0 amide bonds.